The van der Waals surface area contributed by atoms with Crippen LogP contribution in [-0.4, -0.2) is 0 Å². The van der Waals surface area contributed by atoms with Crippen molar-refractivity contribution in [2.24, 2.45) is 0 Å². The van der Waals surface area contributed by atoms with Crippen LogP contribution in [-0.2, 0) is 25.7 Å². The summed E-state index contributed by atoms with van der Waals surface area (Å²) in [6.07, 6.45) is 4.32. The third kappa shape index (κ3) is 3.02. The van der Waals surface area contributed by atoms with Gasteiger partial charge in [0, 0.05) is 0 Å². The van der Waals surface area contributed by atoms with Crippen LogP contribution in [0.1, 0.15) is 49.9 Å². The van der Waals surface area contributed by atoms with E-state index in [-0.39, 0.29) is 0 Å². The number of hydrogen-bond acceptors (Lipinski definition) is 2. The Hall–Kier alpha value is -3.00. The fourth-order valence-corrected chi connectivity index (χ4v) is 4.91. The number of anilines is 4. The predicted molar refractivity (Wildman–Crippen MR) is 132 cm³/mol. The van der Waals surface area contributed by atoms with Crippen molar-refractivity contribution in [3.8, 4) is 0 Å². The van der Waals surface area contributed by atoms with E-state index in [1.807, 2.05) is 0 Å². The van der Waals surface area contributed by atoms with Gasteiger partial charge in [0.25, 0.3) is 0 Å². The van der Waals surface area contributed by atoms with E-state index in [4.69, 9.17) is 0 Å². The topological polar surface area (TPSA) is 24.1 Å². The van der Waals surface area contributed by atoms with E-state index in [0.717, 1.165) is 48.4 Å². The molecule has 5 rings (SSSR count). The number of aryl methyl sites for hydroxylation is 4. The molecule has 4 aromatic carbocycles. The minimum atomic E-state index is 1.08. The molecule has 2 heteroatoms. The standard InChI is InChI=1S/C28H30N2/c1-5-17-9-21-13-25-26(14-22(21)10-18(17)6-2)30-28-16-24-12-20(8-4)19(7-3)11-23(24)15-27(28)29-25/h9-16,29-30H,5-8H2,1-4H3. The molecule has 4 aromatic rings. The van der Waals surface area contributed by atoms with Crippen LogP contribution in [0.5, 0.6) is 0 Å². The maximum Gasteiger partial charge on any atom is 0.0630 e. The van der Waals surface area contributed by atoms with Crippen LogP contribution in [0.4, 0.5) is 22.7 Å². The van der Waals surface area contributed by atoms with E-state index in [1.165, 1.54) is 43.8 Å². The summed E-state index contributed by atoms with van der Waals surface area (Å²) in [5.41, 5.74) is 10.4. The third-order valence-electron chi connectivity index (χ3n) is 6.65. The molecule has 0 aromatic heterocycles. The summed E-state index contributed by atoms with van der Waals surface area (Å²) < 4.78 is 0. The maximum absolute atomic E-state index is 3.69. The van der Waals surface area contributed by atoms with Crippen LogP contribution in [0.15, 0.2) is 48.5 Å². The van der Waals surface area contributed by atoms with Crippen molar-refractivity contribution in [1.29, 1.82) is 0 Å². The van der Waals surface area contributed by atoms with E-state index in [0.29, 0.717) is 0 Å². The molecule has 0 bridgehead atoms. The molecule has 0 atom stereocenters. The van der Waals surface area contributed by atoms with Crippen LogP contribution in [0.3, 0.4) is 0 Å². The Bertz CT molecular complexity index is 1090. The van der Waals surface area contributed by atoms with Crippen molar-refractivity contribution >= 4 is 44.3 Å². The van der Waals surface area contributed by atoms with Gasteiger partial charge in [-0.15, -0.1) is 0 Å². The van der Waals surface area contributed by atoms with E-state index in [9.17, 15) is 0 Å². The third-order valence-corrected chi connectivity index (χ3v) is 6.65. The molecule has 2 N–H and O–H groups in total. The highest BCUT2D eigenvalue weighted by Crippen LogP contribution is 2.43. The van der Waals surface area contributed by atoms with Gasteiger partial charge in [0.05, 0.1) is 22.7 Å². The first-order valence-electron chi connectivity index (χ1n) is 11.4. The lowest BCUT2D eigenvalue weighted by molar-refractivity contribution is 1.04. The first-order chi connectivity index (χ1) is 14.6. The fraction of sp³-hybridized carbons (Fsp3) is 0.286. The quantitative estimate of drug-likeness (QED) is 0.322. The van der Waals surface area contributed by atoms with Gasteiger partial charge in [-0.3, -0.25) is 0 Å². The van der Waals surface area contributed by atoms with E-state index in [1.54, 1.807) is 0 Å². The fourth-order valence-electron chi connectivity index (χ4n) is 4.91. The summed E-state index contributed by atoms with van der Waals surface area (Å²) >= 11 is 0. The molecule has 2 nitrogen and oxygen atoms in total. The van der Waals surface area contributed by atoms with Gasteiger partial charge >= 0.3 is 0 Å². The van der Waals surface area contributed by atoms with Gasteiger partial charge in [-0.05, 0) is 93.7 Å². The molecule has 0 unspecified atom stereocenters. The van der Waals surface area contributed by atoms with Crippen molar-refractivity contribution < 1.29 is 0 Å². The zero-order valence-corrected chi connectivity index (χ0v) is 18.4. The maximum atomic E-state index is 3.69. The smallest absolute Gasteiger partial charge is 0.0630 e. The molecule has 30 heavy (non-hydrogen) atoms. The molecule has 0 radical (unpaired) electrons. The second-order valence-corrected chi connectivity index (χ2v) is 8.40. The Morgan fingerprint density at radius 2 is 0.633 bits per heavy atom. The Labute approximate surface area is 179 Å². The molecule has 0 fully saturated rings. The zero-order valence-electron chi connectivity index (χ0n) is 18.4. The SMILES string of the molecule is CCc1cc2cc3c(cc2cc1CC)Nc1cc2cc(CC)c(CC)cc2cc1N3. The van der Waals surface area contributed by atoms with Gasteiger partial charge < -0.3 is 10.6 Å². The van der Waals surface area contributed by atoms with Gasteiger partial charge in [0.2, 0.25) is 0 Å². The molecule has 0 saturated carbocycles. The first kappa shape index (κ1) is 19.0. The highest BCUT2D eigenvalue weighted by molar-refractivity contribution is 6.03. The van der Waals surface area contributed by atoms with Crippen LogP contribution in [0.25, 0.3) is 21.5 Å². The van der Waals surface area contributed by atoms with Crippen LogP contribution in [0, 0.1) is 0 Å². The Morgan fingerprint density at radius 3 is 0.833 bits per heavy atom. The summed E-state index contributed by atoms with van der Waals surface area (Å²) in [6.45, 7) is 8.98. The number of nitrogens with one attached hydrogen (secondary N) is 2. The van der Waals surface area contributed by atoms with Crippen LogP contribution >= 0.6 is 0 Å². The average molecular weight is 395 g/mol. The molecule has 0 spiro atoms. The summed E-state index contributed by atoms with van der Waals surface area (Å²) in [5, 5.41) is 12.6. The Morgan fingerprint density at radius 1 is 0.400 bits per heavy atom. The Kier molecular flexibility index (Phi) is 4.66. The van der Waals surface area contributed by atoms with Crippen LogP contribution in [0.2, 0.25) is 0 Å². The second-order valence-electron chi connectivity index (χ2n) is 8.40. The van der Waals surface area contributed by atoms with Crippen molar-refractivity contribution in [3.63, 3.8) is 0 Å². The number of fused-ring (bicyclic) bond motifs is 4. The van der Waals surface area contributed by atoms with E-state index >= 15 is 0 Å². The minimum Gasteiger partial charge on any atom is -0.352 e. The molecule has 0 aliphatic carbocycles. The van der Waals surface area contributed by atoms with E-state index in [2.05, 4.69) is 86.9 Å². The molecule has 1 aliphatic rings. The lowest BCUT2D eigenvalue weighted by Crippen LogP contribution is -2.07. The number of hydrogen-bond donors (Lipinski definition) is 2. The molecule has 1 aliphatic heterocycles. The predicted octanol–water partition coefficient (Wildman–Crippen LogP) is 8.04. The molecule has 152 valence electrons. The normalized spacial score (nSPS) is 12.4. The lowest BCUT2D eigenvalue weighted by atomic mass is 9.95. The van der Waals surface area contributed by atoms with Gasteiger partial charge in [-0.1, -0.05) is 52.0 Å². The van der Waals surface area contributed by atoms with Crippen molar-refractivity contribution in [1.82, 2.24) is 0 Å². The van der Waals surface area contributed by atoms with Gasteiger partial charge in [0.15, 0.2) is 0 Å². The van der Waals surface area contributed by atoms with Gasteiger partial charge in [-0.2, -0.15) is 0 Å². The van der Waals surface area contributed by atoms with Crippen molar-refractivity contribution in [2.75, 3.05) is 10.6 Å². The first-order valence-corrected chi connectivity index (χ1v) is 11.4. The zero-order chi connectivity index (χ0) is 20.8. The van der Waals surface area contributed by atoms with Gasteiger partial charge in [-0.25, -0.2) is 0 Å². The molecule has 0 saturated heterocycles. The monoisotopic (exact) mass is 394 g/mol. The Balaban J connectivity index is 1.62. The molecule has 1 heterocycles. The minimum absolute atomic E-state index is 1.08. The van der Waals surface area contributed by atoms with Crippen molar-refractivity contribution in [2.45, 2.75) is 53.4 Å². The summed E-state index contributed by atoms with van der Waals surface area (Å²) in [6, 6.07) is 18.6. The second kappa shape index (κ2) is 7.36. The highest BCUT2D eigenvalue weighted by atomic mass is 15.0. The summed E-state index contributed by atoms with van der Waals surface area (Å²) in [4.78, 5) is 0. The number of rotatable bonds is 4. The lowest BCUT2D eigenvalue weighted by Gasteiger charge is -2.25. The van der Waals surface area contributed by atoms with Gasteiger partial charge in [0.1, 0.15) is 0 Å². The molecule has 0 amide bonds. The molecular formula is C28H30N2. The van der Waals surface area contributed by atoms with Crippen molar-refractivity contribution in [3.05, 3.63) is 70.8 Å². The van der Waals surface area contributed by atoms with E-state index < -0.39 is 0 Å². The number of benzene rings is 4. The summed E-state index contributed by atoms with van der Waals surface area (Å²) in [5.74, 6) is 0. The van der Waals surface area contributed by atoms with Crippen LogP contribution < -0.4 is 10.6 Å². The molecular weight excluding hydrogens is 364 g/mol. The summed E-state index contributed by atoms with van der Waals surface area (Å²) in [7, 11) is 0. The average Bonchev–Trinajstić information content (AvgIpc) is 2.78. The highest BCUT2D eigenvalue weighted by Gasteiger charge is 2.17. The largest absolute Gasteiger partial charge is 0.352 e.